The highest BCUT2D eigenvalue weighted by Gasteiger charge is 2.27. The van der Waals surface area contributed by atoms with E-state index >= 15 is 0 Å². The van der Waals surface area contributed by atoms with Crippen LogP contribution in [-0.2, 0) is 6.61 Å². The van der Waals surface area contributed by atoms with Gasteiger partial charge in [-0.25, -0.2) is 0 Å². The molecule has 0 aliphatic rings. The molecule has 3 nitrogen and oxygen atoms in total. The quantitative estimate of drug-likeness (QED) is 0.814. The minimum Gasteiger partial charge on any atom is -0.493 e. The first-order valence-electron chi connectivity index (χ1n) is 5.07. The molecular weight excluding hydrogens is 269 g/mol. The first-order valence-corrected chi connectivity index (χ1v) is 6.06. The number of hydrogen-bond acceptors (Lipinski definition) is 4. The third kappa shape index (κ3) is 5.05. The number of ether oxygens (including phenoxy) is 2. The maximum Gasteiger partial charge on any atom is 0.441 e. The van der Waals surface area contributed by atoms with Gasteiger partial charge in [0.15, 0.2) is 11.5 Å². The number of rotatable bonds is 6. The van der Waals surface area contributed by atoms with Gasteiger partial charge >= 0.3 is 5.51 Å². The van der Waals surface area contributed by atoms with Crippen LogP contribution < -0.4 is 9.47 Å². The van der Waals surface area contributed by atoms with Crippen LogP contribution in [0.15, 0.2) is 18.2 Å². The highest BCUT2D eigenvalue weighted by atomic mass is 32.2. The van der Waals surface area contributed by atoms with Crippen molar-refractivity contribution in [1.82, 2.24) is 0 Å². The Morgan fingerprint density at radius 2 is 2.00 bits per heavy atom. The molecule has 1 rings (SSSR count). The maximum absolute atomic E-state index is 11.9. The van der Waals surface area contributed by atoms with Crippen LogP contribution in [0.4, 0.5) is 13.2 Å². The van der Waals surface area contributed by atoms with E-state index in [0.29, 0.717) is 17.1 Å². The standard InChI is InChI=1S/C11H13F3O3S/c1-16-9-3-2-8(7-15)6-10(9)17-4-5-18-11(12,13)14/h2-3,6,15H,4-5,7H2,1H3. The fraction of sp³-hybridized carbons (Fsp3) is 0.455. The molecule has 102 valence electrons. The van der Waals surface area contributed by atoms with E-state index in [1.165, 1.54) is 13.2 Å². The lowest BCUT2D eigenvalue weighted by Gasteiger charge is -2.12. The van der Waals surface area contributed by atoms with Crippen molar-refractivity contribution < 1.29 is 27.8 Å². The Morgan fingerprint density at radius 3 is 2.56 bits per heavy atom. The van der Waals surface area contributed by atoms with Crippen molar-refractivity contribution in [2.75, 3.05) is 19.5 Å². The molecule has 0 unspecified atom stereocenters. The van der Waals surface area contributed by atoms with E-state index in [1.807, 2.05) is 0 Å². The number of hydrogen-bond donors (Lipinski definition) is 1. The van der Waals surface area contributed by atoms with Crippen LogP contribution in [0.1, 0.15) is 5.56 Å². The molecule has 7 heteroatoms. The van der Waals surface area contributed by atoms with E-state index in [9.17, 15) is 13.2 Å². The monoisotopic (exact) mass is 282 g/mol. The Balaban J connectivity index is 2.54. The van der Waals surface area contributed by atoms with Crippen LogP contribution >= 0.6 is 11.8 Å². The summed E-state index contributed by atoms with van der Waals surface area (Å²) in [5.41, 5.74) is -3.64. The number of thioether (sulfide) groups is 1. The summed E-state index contributed by atoms with van der Waals surface area (Å²) in [6, 6.07) is 4.78. The second-order valence-electron chi connectivity index (χ2n) is 3.29. The number of aliphatic hydroxyl groups excluding tert-OH is 1. The molecule has 0 aromatic heterocycles. The molecule has 0 atom stereocenters. The van der Waals surface area contributed by atoms with Gasteiger partial charge in [-0.15, -0.1) is 0 Å². The van der Waals surface area contributed by atoms with Gasteiger partial charge in [-0.05, 0) is 29.5 Å². The second kappa shape index (κ2) is 6.75. The molecule has 0 heterocycles. The van der Waals surface area contributed by atoms with Crippen LogP contribution in [0, 0.1) is 0 Å². The predicted molar refractivity (Wildman–Crippen MR) is 62.9 cm³/mol. The highest BCUT2D eigenvalue weighted by Crippen LogP contribution is 2.31. The molecule has 0 fully saturated rings. The SMILES string of the molecule is COc1ccc(CO)cc1OCCSC(F)(F)F. The lowest BCUT2D eigenvalue weighted by atomic mass is 10.2. The maximum atomic E-state index is 11.9. The topological polar surface area (TPSA) is 38.7 Å². The zero-order chi connectivity index (χ0) is 13.6. The summed E-state index contributed by atoms with van der Waals surface area (Å²) in [5, 5.41) is 8.95. The Kier molecular flexibility index (Phi) is 5.61. The van der Waals surface area contributed by atoms with Crippen LogP contribution in [0.5, 0.6) is 11.5 Å². The first-order chi connectivity index (χ1) is 8.46. The molecule has 18 heavy (non-hydrogen) atoms. The zero-order valence-corrected chi connectivity index (χ0v) is 10.5. The Bertz CT molecular complexity index is 382. The summed E-state index contributed by atoms with van der Waals surface area (Å²) in [5.74, 6) is 0.548. The number of aliphatic hydroxyl groups is 1. The fourth-order valence-corrected chi connectivity index (χ4v) is 1.64. The summed E-state index contributed by atoms with van der Waals surface area (Å²) in [6.45, 7) is -0.257. The predicted octanol–water partition coefficient (Wildman–Crippen LogP) is 2.82. The molecule has 0 aliphatic heterocycles. The Labute approximate surface area is 107 Å². The van der Waals surface area contributed by atoms with Crippen molar-refractivity contribution in [2.45, 2.75) is 12.1 Å². The molecule has 0 saturated heterocycles. The molecule has 0 saturated carbocycles. The molecule has 1 aromatic carbocycles. The summed E-state index contributed by atoms with van der Waals surface area (Å²) in [4.78, 5) is 0. The molecule has 0 radical (unpaired) electrons. The van der Waals surface area contributed by atoms with E-state index in [0.717, 1.165) is 0 Å². The minimum atomic E-state index is -4.25. The normalized spacial score (nSPS) is 11.4. The zero-order valence-electron chi connectivity index (χ0n) is 9.66. The number of alkyl halides is 3. The third-order valence-electron chi connectivity index (χ3n) is 2.02. The van der Waals surface area contributed by atoms with E-state index in [2.05, 4.69) is 0 Å². The van der Waals surface area contributed by atoms with Crippen LogP contribution in [-0.4, -0.2) is 30.1 Å². The van der Waals surface area contributed by atoms with Gasteiger partial charge in [-0.3, -0.25) is 0 Å². The Morgan fingerprint density at radius 1 is 1.28 bits per heavy atom. The van der Waals surface area contributed by atoms with Gasteiger partial charge in [0.25, 0.3) is 0 Å². The summed E-state index contributed by atoms with van der Waals surface area (Å²) < 4.78 is 45.9. The summed E-state index contributed by atoms with van der Waals surface area (Å²) >= 11 is -0.139. The number of benzene rings is 1. The first kappa shape index (κ1) is 15.0. The average molecular weight is 282 g/mol. The van der Waals surface area contributed by atoms with Crippen LogP contribution in [0.2, 0.25) is 0 Å². The van der Waals surface area contributed by atoms with E-state index in [1.54, 1.807) is 12.1 Å². The minimum absolute atomic E-state index is 0.0879. The highest BCUT2D eigenvalue weighted by molar-refractivity contribution is 8.00. The molecule has 0 bridgehead atoms. The van der Waals surface area contributed by atoms with E-state index < -0.39 is 5.51 Å². The van der Waals surface area contributed by atoms with Crippen molar-refractivity contribution in [2.24, 2.45) is 0 Å². The summed E-state index contributed by atoms with van der Waals surface area (Å²) in [7, 11) is 1.44. The van der Waals surface area contributed by atoms with Gasteiger partial charge in [-0.1, -0.05) is 6.07 Å². The van der Waals surface area contributed by atoms with Gasteiger partial charge in [0.05, 0.1) is 20.3 Å². The molecule has 0 amide bonds. The van der Waals surface area contributed by atoms with Gasteiger partial charge in [0.1, 0.15) is 0 Å². The smallest absolute Gasteiger partial charge is 0.441 e. The fourth-order valence-electron chi connectivity index (χ4n) is 1.24. The van der Waals surface area contributed by atoms with E-state index in [-0.39, 0.29) is 30.7 Å². The third-order valence-corrected chi connectivity index (χ3v) is 2.72. The lowest BCUT2D eigenvalue weighted by molar-refractivity contribution is -0.0329. The largest absolute Gasteiger partial charge is 0.493 e. The van der Waals surface area contributed by atoms with Crippen molar-refractivity contribution in [3.63, 3.8) is 0 Å². The number of halogens is 3. The molecule has 0 aliphatic carbocycles. The molecule has 0 spiro atoms. The lowest BCUT2D eigenvalue weighted by Crippen LogP contribution is -2.08. The van der Waals surface area contributed by atoms with Crippen LogP contribution in [0.3, 0.4) is 0 Å². The van der Waals surface area contributed by atoms with Crippen molar-refractivity contribution in [3.8, 4) is 11.5 Å². The van der Waals surface area contributed by atoms with Crippen LogP contribution in [0.25, 0.3) is 0 Å². The van der Waals surface area contributed by atoms with Gasteiger partial charge in [-0.2, -0.15) is 13.2 Å². The summed E-state index contributed by atoms with van der Waals surface area (Å²) in [6.07, 6.45) is 0. The van der Waals surface area contributed by atoms with Crippen molar-refractivity contribution in [3.05, 3.63) is 23.8 Å². The molecular formula is C11H13F3O3S. The Hall–Kier alpha value is -1.08. The number of methoxy groups -OCH3 is 1. The van der Waals surface area contributed by atoms with Crippen molar-refractivity contribution in [1.29, 1.82) is 0 Å². The molecule has 1 N–H and O–H groups in total. The van der Waals surface area contributed by atoms with Gasteiger partial charge in [0.2, 0.25) is 0 Å². The average Bonchev–Trinajstić information content (AvgIpc) is 2.33. The van der Waals surface area contributed by atoms with Gasteiger partial charge < -0.3 is 14.6 Å². The molecule has 1 aromatic rings. The second-order valence-corrected chi connectivity index (χ2v) is 4.45. The van der Waals surface area contributed by atoms with E-state index in [4.69, 9.17) is 14.6 Å². The van der Waals surface area contributed by atoms with Gasteiger partial charge in [0, 0.05) is 5.75 Å². The van der Waals surface area contributed by atoms with Crippen molar-refractivity contribution >= 4 is 11.8 Å².